The van der Waals surface area contributed by atoms with E-state index in [1.54, 1.807) is 18.2 Å². The van der Waals surface area contributed by atoms with Gasteiger partial charge in [-0.15, -0.1) is 0 Å². The van der Waals surface area contributed by atoms with Crippen LogP contribution in [0.25, 0.3) is 0 Å². The molecule has 1 aliphatic carbocycles. The third kappa shape index (κ3) is 2.77. The number of hydrogen-bond acceptors (Lipinski definition) is 4. The summed E-state index contributed by atoms with van der Waals surface area (Å²) in [5.41, 5.74) is 2.31. The highest BCUT2D eigenvalue weighted by Crippen LogP contribution is 2.48. The Hall–Kier alpha value is -3.02. The lowest BCUT2D eigenvalue weighted by Gasteiger charge is -2.18. The standard InChI is InChI=1S/C20H20N2O4/c1-12-4-3-5-13(2)17(12)22-19(24)20(8-9-20)18(23)21-14-6-7-15-16(10-14)26-11-25-15/h3-7,10H,8-9,11H2,1-2H3,(H,21,23)(H,22,24). The fourth-order valence-corrected chi connectivity index (χ4v) is 3.15. The Labute approximate surface area is 151 Å². The van der Waals surface area contributed by atoms with Gasteiger partial charge in [0, 0.05) is 17.4 Å². The van der Waals surface area contributed by atoms with E-state index in [0.717, 1.165) is 16.8 Å². The van der Waals surface area contributed by atoms with Gasteiger partial charge in [-0.05, 0) is 49.9 Å². The van der Waals surface area contributed by atoms with Crippen molar-refractivity contribution in [2.45, 2.75) is 26.7 Å². The number of carbonyl (C=O) groups excluding carboxylic acids is 2. The molecule has 2 aromatic rings. The summed E-state index contributed by atoms with van der Waals surface area (Å²) in [7, 11) is 0. The Morgan fingerprint density at radius 2 is 1.58 bits per heavy atom. The first-order chi connectivity index (χ1) is 12.5. The van der Waals surface area contributed by atoms with E-state index in [2.05, 4.69) is 10.6 Å². The molecule has 2 amide bonds. The molecule has 1 aliphatic heterocycles. The Morgan fingerprint density at radius 3 is 2.27 bits per heavy atom. The first-order valence-corrected chi connectivity index (χ1v) is 8.58. The monoisotopic (exact) mass is 352 g/mol. The predicted octanol–water partition coefficient (Wildman–Crippen LogP) is 3.39. The van der Waals surface area contributed by atoms with Gasteiger partial charge in [0.1, 0.15) is 5.41 Å². The van der Waals surface area contributed by atoms with E-state index >= 15 is 0 Å². The molecule has 0 atom stereocenters. The number of aryl methyl sites for hydroxylation is 2. The van der Waals surface area contributed by atoms with Crippen molar-refractivity contribution in [3.05, 3.63) is 47.5 Å². The minimum absolute atomic E-state index is 0.175. The van der Waals surface area contributed by atoms with Crippen LogP contribution in [0.2, 0.25) is 0 Å². The second kappa shape index (κ2) is 6.05. The zero-order valence-corrected chi connectivity index (χ0v) is 14.7. The van der Waals surface area contributed by atoms with Gasteiger partial charge in [-0.3, -0.25) is 9.59 Å². The number of amides is 2. The summed E-state index contributed by atoms with van der Waals surface area (Å²) in [4.78, 5) is 25.6. The van der Waals surface area contributed by atoms with Gasteiger partial charge in [-0.2, -0.15) is 0 Å². The lowest BCUT2D eigenvalue weighted by Crippen LogP contribution is -2.36. The van der Waals surface area contributed by atoms with Crippen molar-refractivity contribution in [1.29, 1.82) is 0 Å². The van der Waals surface area contributed by atoms with Crippen LogP contribution in [0.4, 0.5) is 11.4 Å². The molecule has 0 saturated heterocycles. The van der Waals surface area contributed by atoms with Crippen LogP contribution in [0.15, 0.2) is 36.4 Å². The number of anilines is 2. The van der Waals surface area contributed by atoms with Crippen molar-refractivity contribution >= 4 is 23.2 Å². The van der Waals surface area contributed by atoms with E-state index in [4.69, 9.17) is 9.47 Å². The SMILES string of the molecule is Cc1cccc(C)c1NC(=O)C1(C(=O)Nc2ccc3c(c2)OCO3)CC1. The highest BCUT2D eigenvalue weighted by atomic mass is 16.7. The maximum Gasteiger partial charge on any atom is 0.240 e. The summed E-state index contributed by atoms with van der Waals surface area (Å²) < 4.78 is 10.6. The number of hydrogen-bond donors (Lipinski definition) is 2. The lowest BCUT2D eigenvalue weighted by molar-refractivity contribution is -0.131. The van der Waals surface area contributed by atoms with E-state index in [1.165, 1.54) is 0 Å². The van der Waals surface area contributed by atoms with Gasteiger partial charge in [-0.25, -0.2) is 0 Å². The molecule has 4 rings (SSSR count). The van der Waals surface area contributed by atoms with Crippen molar-refractivity contribution in [1.82, 2.24) is 0 Å². The largest absolute Gasteiger partial charge is 0.454 e. The van der Waals surface area contributed by atoms with Gasteiger partial charge in [0.2, 0.25) is 18.6 Å². The maximum atomic E-state index is 12.8. The molecule has 0 spiro atoms. The van der Waals surface area contributed by atoms with Crippen LogP contribution < -0.4 is 20.1 Å². The lowest BCUT2D eigenvalue weighted by atomic mass is 10.0. The third-order valence-electron chi connectivity index (χ3n) is 4.97. The second-order valence-corrected chi connectivity index (χ2v) is 6.83. The fourth-order valence-electron chi connectivity index (χ4n) is 3.15. The normalized spacial score (nSPS) is 16.1. The predicted molar refractivity (Wildman–Crippen MR) is 97.4 cm³/mol. The first-order valence-electron chi connectivity index (χ1n) is 8.58. The van der Waals surface area contributed by atoms with Crippen molar-refractivity contribution < 1.29 is 19.1 Å². The fraction of sp³-hybridized carbons (Fsp3) is 0.300. The molecular formula is C20H20N2O4. The van der Waals surface area contributed by atoms with Crippen molar-refractivity contribution in [2.75, 3.05) is 17.4 Å². The third-order valence-corrected chi connectivity index (χ3v) is 4.97. The van der Waals surface area contributed by atoms with Crippen LogP contribution in [0.3, 0.4) is 0 Å². The summed E-state index contributed by atoms with van der Waals surface area (Å²) >= 11 is 0. The smallest absolute Gasteiger partial charge is 0.240 e. The van der Waals surface area contributed by atoms with Gasteiger partial charge in [-0.1, -0.05) is 18.2 Å². The molecule has 6 nitrogen and oxygen atoms in total. The molecule has 2 aliphatic rings. The highest BCUT2D eigenvalue weighted by Gasteiger charge is 2.56. The number of para-hydroxylation sites is 1. The van der Waals surface area contributed by atoms with Crippen LogP contribution >= 0.6 is 0 Å². The first kappa shape index (κ1) is 16.4. The van der Waals surface area contributed by atoms with Crippen LogP contribution in [0.1, 0.15) is 24.0 Å². The molecular weight excluding hydrogens is 332 g/mol. The molecule has 1 fully saturated rings. The summed E-state index contributed by atoms with van der Waals surface area (Å²) in [6.45, 7) is 4.05. The molecule has 2 aromatic carbocycles. The Morgan fingerprint density at radius 1 is 0.923 bits per heavy atom. The second-order valence-electron chi connectivity index (χ2n) is 6.83. The van der Waals surface area contributed by atoms with E-state index in [1.807, 2.05) is 32.0 Å². The summed E-state index contributed by atoms with van der Waals surface area (Å²) in [6.07, 6.45) is 1.08. The van der Waals surface area contributed by atoms with Crippen LogP contribution in [0.5, 0.6) is 11.5 Å². The van der Waals surface area contributed by atoms with Gasteiger partial charge in [0.15, 0.2) is 11.5 Å². The number of ether oxygens (including phenoxy) is 2. The molecule has 0 bridgehead atoms. The molecule has 0 unspecified atom stereocenters. The van der Waals surface area contributed by atoms with E-state index in [9.17, 15) is 9.59 Å². The molecule has 1 heterocycles. The zero-order chi connectivity index (χ0) is 18.3. The Bertz CT molecular complexity index is 882. The van der Waals surface area contributed by atoms with Crippen molar-refractivity contribution in [3.63, 3.8) is 0 Å². The van der Waals surface area contributed by atoms with E-state index in [0.29, 0.717) is 30.0 Å². The minimum Gasteiger partial charge on any atom is -0.454 e. The summed E-state index contributed by atoms with van der Waals surface area (Å²) in [5.74, 6) is 0.692. The minimum atomic E-state index is -1.01. The number of benzene rings is 2. The van der Waals surface area contributed by atoms with E-state index in [-0.39, 0.29) is 18.6 Å². The summed E-state index contributed by atoms with van der Waals surface area (Å²) in [6, 6.07) is 11.0. The molecule has 134 valence electrons. The van der Waals surface area contributed by atoms with Gasteiger partial charge < -0.3 is 20.1 Å². The van der Waals surface area contributed by atoms with Crippen molar-refractivity contribution in [2.24, 2.45) is 5.41 Å². The number of rotatable bonds is 4. The average molecular weight is 352 g/mol. The van der Waals surface area contributed by atoms with Crippen LogP contribution in [-0.2, 0) is 9.59 Å². The van der Waals surface area contributed by atoms with E-state index < -0.39 is 5.41 Å². The van der Waals surface area contributed by atoms with Crippen LogP contribution in [-0.4, -0.2) is 18.6 Å². The topological polar surface area (TPSA) is 76.7 Å². The highest BCUT2D eigenvalue weighted by molar-refractivity contribution is 6.17. The van der Waals surface area contributed by atoms with Crippen molar-refractivity contribution in [3.8, 4) is 11.5 Å². The molecule has 6 heteroatoms. The summed E-state index contributed by atoms with van der Waals surface area (Å²) in [5, 5.41) is 5.78. The molecule has 1 saturated carbocycles. The Balaban J connectivity index is 1.49. The maximum absolute atomic E-state index is 12.8. The molecule has 0 aromatic heterocycles. The zero-order valence-electron chi connectivity index (χ0n) is 14.7. The van der Waals surface area contributed by atoms with Gasteiger partial charge in [0.05, 0.1) is 0 Å². The molecule has 26 heavy (non-hydrogen) atoms. The molecule has 2 N–H and O–H groups in total. The molecule has 0 radical (unpaired) electrons. The Kier molecular flexibility index (Phi) is 3.83. The number of fused-ring (bicyclic) bond motifs is 1. The quantitative estimate of drug-likeness (QED) is 0.827. The number of nitrogens with one attached hydrogen (secondary N) is 2. The van der Waals surface area contributed by atoms with Gasteiger partial charge >= 0.3 is 0 Å². The number of carbonyl (C=O) groups is 2. The average Bonchev–Trinajstić information content (AvgIpc) is 3.31. The van der Waals surface area contributed by atoms with Crippen LogP contribution in [0, 0.1) is 19.3 Å². The van der Waals surface area contributed by atoms with Gasteiger partial charge in [0.25, 0.3) is 0 Å².